The SMILES string of the molecule is CCNC(C)C1(F)CC1. The fourth-order valence-electron chi connectivity index (χ4n) is 1.04. The van der Waals surface area contributed by atoms with Crippen LogP contribution >= 0.6 is 0 Å². The Morgan fingerprint density at radius 1 is 1.67 bits per heavy atom. The summed E-state index contributed by atoms with van der Waals surface area (Å²) in [5.74, 6) is 0. The van der Waals surface area contributed by atoms with Crippen LogP contribution in [0.1, 0.15) is 26.7 Å². The van der Waals surface area contributed by atoms with Crippen LogP contribution in [0.4, 0.5) is 4.39 Å². The summed E-state index contributed by atoms with van der Waals surface area (Å²) in [5.41, 5.74) is -0.851. The molecule has 0 aromatic heterocycles. The molecule has 0 aromatic carbocycles. The van der Waals surface area contributed by atoms with E-state index in [1.807, 2.05) is 13.8 Å². The van der Waals surface area contributed by atoms with Crippen LogP contribution in [0.5, 0.6) is 0 Å². The zero-order chi connectivity index (χ0) is 6.91. The van der Waals surface area contributed by atoms with Crippen LogP contribution in [0.25, 0.3) is 0 Å². The van der Waals surface area contributed by atoms with Crippen LogP contribution in [-0.2, 0) is 0 Å². The summed E-state index contributed by atoms with van der Waals surface area (Å²) in [7, 11) is 0. The molecule has 1 unspecified atom stereocenters. The zero-order valence-electron chi connectivity index (χ0n) is 6.08. The number of rotatable bonds is 3. The number of halogens is 1. The van der Waals surface area contributed by atoms with Gasteiger partial charge in [0, 0.05) is 6.04 Å². The second-order valence-electron chi connectivity index (χ2n) is 2.81. The maximum absolute atomic E-state index is 13.0. The second-order valence-corrected chi connectivity index (χ2v) is 2.81. The van der Waals surface area contributed by atoms with E-state index in [4.69, 9.17) is 0 Å². The Hall–Kier alpha value is -0.110. The fourth-order valence-corrected chi connectivity index (χ4v) is 1.04. The van der Waals surface area contributed by atoms with Crippen molar-refractivity contribution in [3.8, 4) is 0 Å². The molecule has 0 heterocycles. The summed E-state index contributed by atoms with van der Waals surface area (Å²) in [6, 6.07) is 0.0579. The van der Waals surface area contributed by atoms with Gasteiger partial charge in [0.05, 0.1) is 0 Å². The summed E-state index contributed by atoms with van der Waals surface area (Å²) in [6.45, 7) is 4.78. The van der Waals surface area contributed by atoms with Gasteiger partial charge in [0.15, 0.2) is 0 Å². The molecule has 1 fully saturated rings. The van der Waals surface area contributed by atoms with Crippen LogP contribution in [0.3, 0.4) is 0 Å². The Morgan fingerprint density at radius 3 is 2.56 bits per heavy atom. The topological polar surface area (TPSA) is 12.0 Å². The molecule has 0 radical (unpaired) electrons. The monoisotopic (exact) mass is 131 g/mol. The average Bonchev–Trinajstić information content (AvgIpc) is 2.50. The Labute approximate surface area is 55.6 Å². The summed E-state index contributed by atoms with van der Waals surface area (Å²) in [6.07, 6.45) is 1.50. The van der Waals surface area contributed by atoms with Gasteiger partial charge in [-0.2, -0.15) is 0 Å². The number of nitrogens with one attached hydrogen (secondary N) is 1. The van der Waals surface area contributed by atoms with E-state index < -0.39 is 5.67 Å². The highest BCUT2D eigenvalue weighted by molar-refractivity contribution is 5.01. The number of hydrogen-bond acceptors (Lipinski definition) is 1. The van der Waals surface area contributed by atoms with Crippen molar-refractivity contribution in [1.29, 1.82) is 0 Å². The molecule has 1 aliphatic rings. The van der Waals surface area contributed by atoms with Gasteiger partial charge in [-0.1, -0.05) is 6.92 Å². The highest BCUT2D eigenvalue weighted by atomic mass is 19.1. The lowest BCUT2D eigenvalue weighted by Crippen LogP contribution is -2.35. The molecule has 54 valence electrons. The van der Waals surface area contributed by atoms with E-state index in [1.165, 1.54) is 0 Å². The van der Waals surface area contributed by atoms with Crippen molar-refractivity contribution >= 4 is 0 Å². The van der Waals surface area contributed by atoms with Gasteiger partial charge >= 0.3 is 0 Å². The lowest BCUT2D eigenvalue weighted by atomic mass is 10.2. The Bertz CT molecular complexity index is 99.1. The van der Waals surface area contributed by atoms with E-state index in [9.17, 15) is 4.39 Å². The van der Waals surface area contributed by atoms with Crippen molar-refractivity contribution in [2.75, 3.05) is 6.54 Å². The first-order valence-corrected chi connectivity index (χ1v) is 3.61. The third-order valence-electron chi connectivity index (χ3n) is 2.01. The molecule has 2 heteroatoms. The predicted octanol–water partition coefficient (Wildman–Crippen LogP) is 1.49. The molecule has 0 bridgehead atoms. The first-order valence-electron chi connectivity index (χ1n) is 3.61. The summed E-state index contributed by atoms with van der Waals surface area (Å²) < 4.78 is 13.0. The van der Waals surface area contributed by atoms with Gasteiger partial charge in [-0.3, -0.25) is 0 Å². The van der Waals surface area contributed by atoms with Gasteiger partial charge in [-0.25, -0.2) is 4.39 Å². The van der Waals surface area contributed by atoms with Crippen molar-refractivity contribution in [2.24, 2.45) is 0 Å². The smallest absolute Gasteiger partial charge is 0.126 e. The Balaban J connectivity index is 2.24. The molecule has 0 aliphatic heterocycles. The second kappa shape index (κ2) is 2.25. The van der Waals surface area contributed by atoms with E-state index in [0.29, 0.717) is 0 Å². The molecule has 9 heavy (non-hydrogen) atoms. The average molecular weight is 131 g/mol. The highest BCUT2D eigenvalue weighted by Gasteiger charge is 2.47. The first-order chi connectivity index (χ1) is 4.19. The number of hydrogen-bond donors (Lipinski definition) is 1. The summed E-state index contributed by atoms with van der Waals surface area (Å²) >= 11 is 0. The third-order valence-corrected chi connectivity index (χ3v) is 2.01. The van der Waals surface area contributed by atoms with Crippen molar-refractivity contribution in [1.82, 2.24) is 5.32 Å². The van der Waals surface area contributed by atoms with E-state index in [-0.39, 0.29) is 6.04 Å². The predicted molar refractivity (Wildman–Crippen MR) is 36.2 cm³/mol. The quantitative estimate of drug-likeness (QED) is 0.612. The van der Waals surface area contributed by atoms with Crippen LogP contribution in [0.15, 0.2) is 0 Å². The van der Waals surface area contributed by atoms with E-state index in [1.54, 1.807) is 0 Å². The van der Waals surface area contributed by atoms with Crippen LogP contribution in [0, 0.1) is 0 Å². The van der Waals surface area contributed by atoms with Crippen molar-refractivity contribution in [2.45, 2.75) is 38.4 Å². The highest BCUT2D eigenvalue weighted by Crippen LogP contribution is 2.42. The minimum Gasteiger partial charge on any atom is -0.311 e. The molecule has 1 nitrogen and oxygen atoms in total. The molecule has 0 amide bonds. The Kier molecular flexibility index (Phi) is 1.75. The van der Waals surface area contributed by atoms with Crippen LogP contribution < -0.4 is 5.32 Å². The molecule has 0 aromatic rings. The molecular weight excluding hydrogens is 117 g/mol. The third kappa shape index (κ3) is 1.42. The van der Waals surface area contributed by atoms with E-state index in [2.05, 4.69) is 5.32 Å². The molecular formula is C7H14FN. The van der Waals surface area contributed by atoms with Crippen molar-refractivity contribution in [3.63, 3.8) is 0 Å². The largest absolute Gasteiger partial charge is 0.311 e. The van der Waals surface area contributed by atoms with E-state index in [0.717, 1.165) is 19.4 Å². The summed E-state index contributed by atoms with van der Waals surface area (Å²) in [5, 5.41) is 3.07. The molecule has 1 N–H and O–H groups in total. The molecule has 0 spiro atoms. The van der Waals surface area contributed by atoms with Gasteiger partial charge in [-0.05, 0) is 26.3 Å². The number of alkyl halides is 1. The maximum Gasteiger partial charge on any atom is 0.126 e. The summed E-state index contributed by atoms with van der Waals surface area (Å²) in [4.78, 5) is 0. The minimum absolute atomic E-state index is 0.0579. The van der Waals surface area contributed by atoms with Crippen molar-refractivity contribution < 1.29 is 4.39 Å². The first kappa shape index (κ1) is 7.00. The lowest BCUT2D eigenvalue weighted by Gasteiger charge is -2.15. The lowest BCUT2D eigenvalue weighted by molar-refractivity contribution is 0.238. The van der Waals surface area contributed by atoms with Gasteiger partial charge in [0.1, 0.15) is 5.67 Å². The molecule has 1 rings (SSSR count). The van der Waals surface area contributed by atoms with Gasteiger partial charge in [0.25, 0.3) is 0 Å². The zero-order valence-corrected chi connectivity index (χ0v) is 6.08. The van der Waals surface area contributed by atoms with Gasteiger partial charge in [-0.15, -0.1) is 0 Å². The standard InChI is InChI=1S/C7H14FN/c1-3-9-6(2)7(8)4-5-7/h6,9H,3-5H2,1-2H3. The van der Waals surface area contributed by atoms with Crippen LogP contribution in [0.2, 0.25) is 0 Å². The maximum atomic E-state index is 13.0. The Morgan fingerprint density at radius 2 is 2.22 bits per heavy atom. The molecule has 1 atom stereocenters. The minimum atomic E-state index is -0.851. The van der Waals surface area contributed by atoms with Gasteiger partial charge in [0.2, 0.25) is 0 Å². The van der Waals surface area contributed by atoms with E-state index >= 15 is 0 Å². The molecule has 1 aliphatic carbocycles. The van der Waals surface area contributed by atoms with Crippen LogP contribution in [-0.4, -0.2) is 18.3 Å². The van der Waals surface area contributed by atoms with Gasteiger partial charge < -0.3 is 5.32 Å². The molecule has 1 saturated carbocycles. The normalized spacial score (nSPS) is 25.7. The fraction of sp³-hybridized carbons (Fsp3) is 1.00. The molecule has 0 saturated heterocycles. The van der Waals surface area contributed by atoms with Crippen molar-refractivity contribution in [3.05, 3.63) is 0 Å².